The summed E-state index contributed by atoms with van der Waals surface area (Å²) in [6.45, 7) is 0.650. The zero-order chi connectivity index (χ0) is 20.2. The highest BCUT2D eigenvalue weighted by molar-refractivity contribution is 7.67. The summed E-state index contributed by atoms with van der Waals surface area (Å²) >= 11 is 0. The quantitative estimate of drug-likeness (QED) is 0.386. The van der Waals surface area contributed by atoms with Crippen LogP contribution in [0.1, 0.15) is 6.92 Å². The number of phosphoric acid groups is 3. The Morgan fingerprint density at radius 2 is 1.58 bits per heavy atom. The summed E-state index contributed by atoms with van der Waals surface area (Å²) in [4.78, 5) is 9.22. The van der Waals surface area contributed by atoms with Crippen molar-refractivity contribution in [2.24, 2.45) is 5.92 Å². The molecule has 3 unspecified atom stereocenters. The molecule has 26 heavy (non-hydrogen) atoms. The molecule has 1 saturated heterocycles. The van der Waals surface area contributed by atoms with Gasteiger partial charge in [-0.05, 0) is 6.92 Å². The fourth-order valence-electron chi connectivity index (χ4n) is 2.05. The fraction of sp³-hybridized carbons (Fsp3) is 1.00. The summed E-state index contributed by atoms with van der Waals surface area (Å²) in [5.74, 6) is -0.730. The minimum Gasteiger partial charge on any atom is -0.396 e. The van der Waals surface area contributed by atoms with Crippen LogP contribution in [0.15, 0.2) is 0 Å². The third kappa shape index (κ3) is 6.42. The van der Waals surface area contributed by atoms with Crippen molar-refractivity contribution in [3.8, 4) is 0 Å². The van der Waals surface area contributed by atoms with Crippen LogP contribution < -0.4 is 0 Å². The summed E-state index contributed by atoms with van der Waals surface area (Å²) in [5, 5.41) is 19.2. The molecule has 0 aromatic rings. The molecule has 0 aliphatic carbocycles. The van der Waals surface area contributed by atoms with E-state index in [0.29, 0.717) is 0 Å². The molecule has 0 spiro atoms. The molecule has 1 heterocycles. The van der Waals surface area contributed by atoms with Crippen molar-refractivity contribution in [1.29, 1.82) is 0 Å². The number of aliphatic hydroxyl groups is 2. The Morgan fingerprint density at radius 3 is 2.04 bits per heavy atom. The van der Waals surface area contributed by atoms with Crippen LogP contribution >= 0.6 is 23.5 Å². The van der Waals surface area contributed by atoms with Gasteiger partial charge in [0.05, 0.1) is 31.5 Å². The molecule has 3 N–H and O–H groups in total. The van der Waals surface area contributed by atoms with E-state index in [1.54, 1.807) is 6.92 Å². The van der Waals surface area contributed by atoms with E-state index in [-0.39, 0.29) is 0 Å². The van der Waals surface area contributed by atoms with Crippen LogP contribution in [-0.2, 0) is 45.1 Å². The second kappa shape index (κ2) is 9.67. The van der Waals surface area contributed by atoms with Gasteiger partial charge in [0, 0.05) is 27.2 Å². The fourth-order valence-corrected chi connectivity index (χ4v) is 6.12. The largest absolute Gasteiger partial charge is 0.492 e. The molecule has 0 bridgehead atoms. The van der Waals surface area contributed by atoms with Crippen LogP contribution in [0.25, 0.3) is 0 Å². The number of rotatable bonds is 11. The first-order valence-electron chi connectivity index (χ1n) is 7.16. The van der Waals surface area contributed by atoms with E-state index in [0.717, 1.165) is 21.3 Å². The summed E-state index contributed by atoms with van der Waals surface area (Å²) in [5.41, 5.74) is 0. The van der Waals surface area contributed by atoms with Crippen molar-refractivity contribution >= 4 is 23.5 Å². The van der Waals surface area contributed by atoms with Gasteiger partial charge in [-0.1, -0.05) is 0 Å². The lowest BCUT2D eigenvalue weighted by atomic mass is 9.98. The standard InChI is InChI=1S/C10H23O13P3/c1-7-10(12)8(5-11)9(21-7)6-20-25(15,18-3)23-26(16,19-4)22-24(13,14)17-2/h7-12H,5-6H2,1-4H3,(H,13,14)/t7-,8+,9+,10-,25?,26?/m0/s1. The SMILES string of the molecule is COP(=O)(O)OP(=O)(OC)OP(=O)(OC)OC[C@H]1O[C@@H](C)[C@H](O)[C@@H]1CO. The Labute approximate surface area is 150 Å². The summed E-state index contributed by atoms with van der Waals surface area (Å²) in [6, 6.07) is 0. The first-order valence-corrected chi connectivity index (χ1v) is 11.6. The lowest BCUT2D eigenvalue weighted by molar-refractivity contribution is -0.00664. The van der Waals surface area contributed by atoms with E-state index >= 15 is 0 Å². The highest BCUT2D eigenvalue weighted by atomic mass is 31.3. The number of ether oxygens (including phenoxy) is 1. The normalized spacial score (nSPS) is 33.3. The van der Waals surface area contributed by atoms with Gasteiger partial charge in [0.2, 0.25) is 0 Å². The Hall–Kier alpha value is 0.290. The van der Waals surface area contributed by atoms with Gasteiger partial charge in [0.1, 0.15) is 0 Å². The number of hydrogen-bond donors (Lipinski definition) is 3. The van der Waals surface area contributed by atoms with Crippen LogP contribution in [0, 0.1) is 5.92 Å². The van der Waals surface area contributed by atoms with E-state index < -0.39 is 60.9 Å². The number of phosphoric ester groups is 2. The Balaban J connectivity index is 2.83. The molecular weight excluding hydrogens is 421 g/mol. The number of aliphatic hydroxyl groups excluding tert-OH is 2. The van der Waals surface area contributed by atoms with E-state index in [9.17, 15) is 28.8 Å². The zero-order valence-electron chi connectivity index (χ0n) is 14.5. The average molecular weight is 444 g/mol. The predicted molar refractivity (Wildman–Crippen MR) is 85.1 cm³/mol. The van der Waals surface area contributed by atoms with Gasteiger partial charge in [-0.25, -0.2) is 13.7 Å². The Kier molecular flexibility index (Phi) is 9.04. The Morgan fingerprint density at radius 1 is 1.00 bits per heavy atom. The van der Waals surface area contributed by atoms with E-state index in [1.165, 1.54) is 0 Å². The molecule has 0 aromatic heterocycles. The van der Waals surface area contributed by atoms with Gasteiger partial charge in [0.25, 0.3) is 0 Å². The van der Waals surface area contributed by atoms with E-state index in [2.05, 4.69) is 22.2 Å². The van der Waals surface area contributed by atoms with Crippen molar-refractivity contribution in [2.75, 3.05) is 34.5 Å². The van der Waals surface area contributed by atoms with Crippen LogP contribution in [-0.4, -0.2) is 68.0 Å². The molecule has 16 heteroatoms. The summed E-state index contributed by atoms with van der Waals surface area (Å²) in [7, 11) is -11.8. The van der Waals surface area contributed by atoms with Crippen molar-refractivity contribution in [3.63, 3.8) is 0 Å². The molecule has 1 rings (SSSR count). The van der Waals surface area contributed by atoms with Crippen LogP contribution in [0.5, 0.6) is 0 Å². The molecule has 0 radical (unpaired) electrons. The van der Waals surface area contributed by atoms with Gasteiger partial charge < -0.3 is 19.8 Å². The molecule has 1 aliphatic heterocycles. The van der Waals surface area contributed by atoms with Crippen molar-refractivity contribution in [3.05, 3.63) is 0 Å². The van der Waals surface area contributed by atoms with Gasteiger partial charge in [-0.3, -0.25) is 18.1 Å². The molecule has 0 saturated carbocycles. The predicted octanol–water partition coefficient (Wildman–Crippen LogP) is 1.05. The van der Waals surface area contributed by atoms with Gasteiger partial charge in [0.15, 0.2) is 0 Å². The smallest absolute Gasteiger partial charge is 0.396 e. The molecule has 7 atom stereocenters. The first kappa shape index (κ1) is 24.3. The molecule has 13 nitrogen and oxygen atoms in total. The van der Waals surface area contributed by atoms with Crippen LogP contribution in [0.3, 0.4) is 0 Å². The van der Waals surface area contributed by atoms with E-state index in [1.807, 2.05) is 0 Å². The maximum atomic E-state index is 12.5. The lowest BCUT2D eigenvalue weighted by Gasteiger charge is -2.23. The summed E-state index contributed by atoms with van der Waals surface area (Å²) < 4.78 is 68.2. The molecule has 0 amide bonds. The van der Waals surface area contributed by atoms with Crippen molar-refractivity contribution in [1.82, 2.24) is 0 Å². The van der Waals surface area contributed by atoms with Gasteiger partial charge in [-0.15, -0.1) is 0 Å². The maximum absolute atomic E-state index is 12.5. The van der Waals surface area contributed by atoms with Crippen LogP contribution in [0.2, 0.25) is 0 Å². The summed E-state index contributed by atoms with van der Waals surface area (Å²) in [6.07, 6.45) is -2.46. The molecular formula is C10H23O13P3. The minimum atomic E-state index is -4.87. The lowest BCUT2D eigenvalue weighted by Crippen LogP contribution is -2.31. The molecule has 1 fully saturated rings. The third-order valence-electron chi connectivity index (χ3n) is 3.48. The number of hydrogen-bond acceptors (Lipinski definition) is 12. The highest BCUT2D eigenvalue weighted by Crippen LogP contribution is 2.71. The average Bonchev–Trinajstić information content (AvgIpc) is 2.86. The van der Waals surface area contributed by atoms with Crippen molar-refractivity contribution in [2.45, 2.75) is 25.2 Å². The topological polar surface area (TPSA) is 177 Å². The van der Waals surface area contributed by atoms with Gasteiger partial charge in [-0.2, -0.15) is 8.62 Å². The molecule has 156 valence electrons. The minimum absolute atomic E-state index is 0.432. The van der Waals surface area contributed by atoms with E-state index in [4.69, 9.17) is 9.26 Å². The Bertz CT molecular complexity index is 597. The maximum Gasteiger partial charge on any atom is 0.492 e. The highest BCUT2D eigenvalue weighted by Gasteiger charge is 2.47. The zero-order valence-corrected chi connectivity index (χ0v) is 17.2. The molecule has 0 aromatic carbocycles. The van der Waals surface area contributed by atoms with Crippen LogP contribution in [0.4, 0.5) is 0 Å². The first-order chi connectivity index (χ1) is 11.9. The molecule has 1 aliphatic rings. The van der Waals surface area contributed by atoms with Gasteiger partial charge >= 0.3 is 23.5 Å². The van der Waals surface area contributed by atoms with Crippen molar-refractivity contribution < 1.29 is 60.3 Å². The monoisotopic (exact) mass is 444 g/mol. The second-order valence-corrected chi connectivity index (χ2v) is 10.5. The third-order valence-corrected chi connectivity index (χ3v) is 8.52. The second-order valence-electron chi connectivity index (χ2n) is 5.09.